The Morgan fingerprint density at radius 2 is 2.43 bits per heavy atom. The number of nitrogens with zero attached hydrogens (tertiary/aromatic N) is 2. The van der Waals surface area contributed by atoms with E-state index in [1.54, 1.807) is 7.05 Å². The molecule has 0 aliphatic heterocycles. The topological polar surface area (TPSA) is 101 Å². The van der Waals surface area contributed by atoms with Crippen LogP contribution in [0.5, 0.6) is 0 Å². The first-order valence-electron chi connectivity index (χ1n) is 4.01. The minimum absolute atomic E-state index is 0.201. The fourth-order valence-electron chi connectivity index (χ4n) is 1.24. The van der Waals surface area contributed by atoms with Crippen LogP contribution in [0.25, 0.3) is 11.2 Å². The lowest BCUT2D eigenvalue weighted by atomic mass is 10.4. The number of rotatable bonds is 2. The lowest BCUT2D eigenvalue weighted by molar-refractivity contribution is 0.771. The summed E-state index contributed by atoms with van der Waals surface area (Å²) in [6, 6.07) is 1.30. The van der Waals surface area contributed by atoms with Gasteiger partial charge in [-0.25, -0.2) is 15.1 Å². The van der Waals surface area contributed by atoms with E-state index >= 15 is 0 Å². The number of aromatic amines is 1. The van der Waals surface area contributed by atoms with E-state index < -0.39 is 0 Å². The molecule has 0 radical (unpaired) electrons. The minimum Gasteiger partial charge on any atom is -0.385 e. The monoisotopic (exact) mass is 194 g/mol. The van der Waals surface area contributed by atoms with Crippen molar-refractivity contribution in [2.24, 2.45) is 0 Å². The van der Waals surface area contributed by atoms with Crippen LogP contribution in [0, 0.1) is 0 Å². The molecule has 14 heavy (non-hydrogen) atoms. The molecule has 0 spiro atoms. The van der Waals surface area contributed by atoms with Crippen molar-refractivity contribution in [3.05, 3.63) is 22.6 Å². The molecule has 0 unspecified atom stereocenters. The van der Waals surface area contributed by atoms with E-state index in [-0.39, 0.29) is 5.43 Å². The number of hydrogen-bond acceptors (Lipinski definition) is 5. The number of nitrogen functional groups attached to an aromatic ring is 1. The molecule has 0 atom stereocenters. The summed E-state index contributed by atoms with van der Waals surface area (Å²) in [6.07, 6.45) is 1.48. The maximum absolute atomic E-state index is 11.4. The molecule has 0 fully saturated rings. The zero-order chi connectivity index (χ0) is 10.1. The second kappa shape index (κ2) is 3.04. The molecule has 0 bridgehead atoms. The highest BCUT2D eigenvalue weighted by atomic mass is 16.1. The lowest BCUT2D eigenvalue weighted by Gasteiger charge is -2.05. The SMILES string of the molecule is CNNn1cnc2c(=O)cc(N)[nH]c21. The molecule has 2 heterocycles. The molecule has 5 N–H and O–H groups in total. The highest BCUT2D eigenvalue weighted by Crippen LogP contribution is 2.05. The molecule has 2 rings (SSSR count). The second-order valence-corrected chi connectivity index (χ2v) is 2.76. The van der Waals surface area contributed by atoms with Crippen LogP contribution in [-0.2, 0) is 0 Å². The molecule has 2 aromatic rings. The summed E-state index contributed by atoms with van der Waals surface area (Å²) in [4.78, 5) is 18.2. The summed E-state index contributed by atoms with van der Waals surface area (Å²) >= 11 is 0. The van der Waals surface area contributed by atoms with Crippen LogP contribution < -0.4 is 22.1 Å². The van der Waals surface area contributed by atoms with Crippen molar-refractivity contribution in [1.82, 2.24) is 20.1 Å². The molecule has 74 valence electrons. The number of imidazole rings is 1. The van der Waals surface area contributed by atoms with Crippen molar-refractivity contribution in [2.45, 2.75) is 0 Å². The third kappa shape index (κ3) is 1.19. The van der Waals surface area contributed by atoms with Crippen molar-refractivity contribution in [2.75, 3.05) is 18.3 Å². The third-order valence-electron chi connectivity index (χ3n) is 1.78. The fraction of sp³-hybridized carbons (Fsp3) is 0.143. The van der Waals surface area contributed by atoms with Gasteiger partial charge in [0.2, 0.25) is 5.43 Å². The van der Waals surface area contributed by atoms with Crippen molar-refractivity contribution < 1.29 is 0 Å². The smallest absolute Gasteiger partial charge is 0.211 e. The van der Waals surface area contributed by atoms with Gasteiger partial charge in [-0.05, 0) is 0 Å². The Morgan fingerprint density at radius 1 is 1.64 bits per heavy atom. The standard InChI is InChI=1S/C7H10N6O/c1-9-12-13-3-10-6-4(14)2-5(8)11-7(6)13/h2-3,9,12H,1H3,(H3,8,11,14). The largest absolute Gasteiger partial charge is 0.385 e. The van der Waals surface area contributed by atoms with Crippen LogP contribution >= 0.6 is 0 Å². The van der Waals surface area contributed by atoms with Gasteiger partial charge in [-0.1, -0.05) is 0 Å². The quantitative estimate of drug-likeness (QED) is 0.459. The van der Waals surface area contributed by atoms with Gasteiger partial charge >= 0.3 is 0 Å². The van der Waals surface area contributed by atoms with Gasteiger partial charge in [0.1, 0.15) is 12.1 Å². The highest BCUT2D eigenvalue weighted by molar-refractivity contribution is 5.72. The average Bonchev–Trinajstić information content (AvgIpc) is 2.49. The van der Waals surface area contributed by atoms with E-state index in [9.17, 15) is 4.79 Å². The molecule has 0 saturated carbocycles. The van der Waals surface area contributed by atoms with E-state index in [4.69, 9.17) is 5.73 Å². The first-order valence-corrected chi connectivity index (χ1v) is 4.01. The van der Waals surface area contributed by atoms with Gasteiger partial charge < -0.3 is 10.7 Å². The molecular weight excluding hydrogens is 184 g/mol. The predicted octanol–water partition coefficient (Wildman–Crippen LogP) is -1.02. The molecule has 7 nitrogen and oxygen atoms in total. The number of pyridine rings is 1. The van der Waals surface area contributed by atoms with Crippen molar-refractivity contribution in [3.8, 4) is 0 Å². The van der Waals surface area contributed by atoms with E-state index in [0.717, 1.165) is 0 Å². The van der Waals surface area contributed by atoms with Crippen LogP contribution in [0.2, 0.25) is 0 Å². The zero-order valence-electron chi connectivity index (χ0n) is 7.53. The first kappa shape index (κ1) is 8.57. The number of hydrogen-bond donors (Lipinski definition) is 4. The summed E-state index contributed by atoms with van der Waals surface area (Å²) in [6.45, 7) is 0. The summed E-state index contributed by atoms with van der Waals surface area (Å²) in [5, 5.41) is 0. The molecule has 7 heteroatoms. The summed E-state index contributed by atoms with van der Waals surface area (Å²) < 4.78 is 1.53. The van der Waals surface area contributed by atoms with Gasteiger partial charge in [-0.15, -0.1) is 0 Å². The number of hydrazine groups is 1. The van der Waals surface area contributed by atoms with Gasteiger partial charge in [0.15, 0.2) is 11.2 Å². The zero-order valence-corrected chi connectivity index (χ0v) is 7.53. The summed E-state index contributed by atoms with van der Waals surface area (Å²) in [5.41, 5.74) is 11.7. The third-order valence-corrected chi connectivity index (χ3v) is 1.78. The van der Waals surface area contributed by atoms with E-state index in [0.29, 0.717) is 17.0 Å². The van der Waals surface area contributed by atoms with Crippen LogP contribution in [0.15, 0.2) is 17.2 Å². The van der Waals surface area contributed by atoms with E-state index in [2.05, 4.69) is 20.9 Å². The number of fused-ring (bicyclic) bond motifs is 1. The number of nitrogens with one attached hydrogen (secondary N) is 3. The van der Waals surface area contributed by atoms with Crippen molar-refractivity contribution in [3.63, 3.8) is 0 Å². The van der Waals surface area contributed by atoms with Crippen LogP contribution in [0.1, 0.15) is 0 Å². The Bertz CT molecular complexity index is 512. The Balaban J connectivity index is 2.72. The summed E-state index contributed by atoms with van der Waals surface area (Å²) in [7, 11) is 1.70. The van der Waals surface area contributed by atoms with Gasteiger partial charge in [0.05, 0.1) is 0 Å². The maximum Gasteiger partial charge on any atom is 0.211 e. The Morgan fingerprint density at radius 3 is 3.14 bits per heavy atom. The molecular formula is C7H10N6O. The second-order valence-electron chi connectivity index (χ2n) is 2.76. The van der Waals surface area contributed by atoms with Crippen LogP contribution in [0.3, 0.4) is 0 Å². The van der Waals surface area contributed by atoms with Crippen molar-refractivity contribution in [1.29, 1.82) is 0 Å². The van der Waals surface area contributed by atoms with Crippen molar-refractivity contribution >= 4 is 17.0 Å². The number of anilines is 1. The molecule has 0 amide bonds. The van der Waals surface area contributed by atoms with Crippen LogP contribution in [-0.4, -0.2) is 21.7 Å². The lowest BCUT2D eigenvalue weighted by Crippen LogP contribution is -2.26. The van der Waals surface area contributed by atoms with E-state index in [1.165, 1.54) is 17.1 Å². The van der Waals surface area contributed by atoms with Gasteiger partial charge in [0, 0.05) is 13.1 Å². The average molecular weight is 194 g/mol. The molecule has 0 aromatic carbocycles. The molecule has 0 aliphatic rings. The predicted molar refractivity (Wildman–Crippen MR) is 53.2 cm³/mol. The first-order chi connectivity index (χ1) is 6.72. The molecule has 0 aliphatic carbocycles. The number of aromatic nitrogens is 3. The fourth-order valence-corrected chi connectivity index (χ4v) is 1.24. The Labute approximate surface area is 78.9 Å². The number of nitrogens with two attached hydrogens (primary N) is 1. The maximum atomic E-state index is 11.4. The van der Waals surface area contributed by atoms with Crippen LogP contribution in [0.4, 0.5) is 5.82 Å². The highest BCUT2D eigenvalue weighted by Gasteiger charge is 2.06. The molecule has 2 aromatic heterocycles. The Kier molecular flexibility index (Phi) is 1.86. The summed E-state index contributed by atoms with van der Waals surface area (Å²) in [5.74, 6) is 0.308. The van der Waals surface area contributed by atoms with E-state index in [1.807, 2.05) is 0 Å². The normalized spacial score (nSPS) is 10.6. The molecule has 0 saturated heterocycles. The van der Waals surface area contributed by atoms with Gasteiger partial charge in [0.25, 0.3) is 0 Å². The van der Waals surface area contributed by atoms with Gasteiger partial charge in [-0.3, -0.25) is 10.3 Å². The van der Waals surface area contributed by atoms with Gasteiger partial charge in [-0.2, -0.15) is 0 Å². The minimum atomic E-state index is -0.201. The Hall–Kier alpha value is -2.02. The number of H-pyrrole nitrogens is 1.